The fraction of sp³-hybridized carbons (Fsp3) is 0.889. The molecule has 3 fully saturated rings. The number of nitrogens with zero attached hydrogens (tertiary/aromatic N) is 3. The van der Waals surface area contributed by atoms with Crippen LogP contribution in [0, 0.1) is 5.41 Å². The van der Waals surface area contributed by atoms with Crippen molar-refractivity contribution in [2.75, 3.05) is 85.8 Å². The van der Waals surface area contributed by atoms with Crippen molar-refractivity contribution in [3.8, 4) is 0 Å². The summed E-state index contributed by atoms with van der Waals surface area (Å²) in [7, 11) is 1.67. The molecule has 3 heterocycles. The van der Waals surface area contributed by atoms with Gasteiger partial charge in [0.25, 0.3) is 0 Å². The van der Waals surface area contributed by atoms with Crippen molar-refractivity contribution in [3.63, 3.8) is 0 Å². The molecule has 148 valence electrons. The van der Waals surface area contributed by atoms with E-state index >= 15 is 0 Å². The molecule has 0 bridgehead atoms. The van der Waals surface area contributed by atoms with Gasteiger partial charge in [-0.15, -0.1) is 0 Å². The number of ether oxygens (including phenoxy) is 2. The highest BCUT2D eigenvalue weighted by Gasteiger charge is 2.42. The van der Waals surface area contributed by atoms with Crippen LogP contribution in [0.1, 0.15) is 12.8 Å². The van der Waals surface area contributed by atoms with E-state index in [-0.39, 0.29) is 17.2 Å². The third-order valence-electron chi connectivity index (χ3n) is 5.82. The minimum Gasteiger partial charge on any atom is -0.384 e. The summed E-state index contributed by atoms with van der Waals surface area (Å²) in [5.74, 6) is 0.391. The lowest BCUT2D eigenvalue weighted by Crippen LogP contribution is -2.57. The second kappa shape index (κ2) is 9.12. The topological polar surface area (TPSA) is 74.4 Å². The number of piperidine rings is 1. The first-order valence-electron chi connectivity index (χ1n) is 9.71. The molecule has 2 amide bonds. The van der Waals surface area contributed by atoms with Gasteiger partial charge in [-0.25, -0.2) is 0 Å². The van der Waals surface area contributed by atoms with Crippen LogP contribution in [0.25, 0.3) is 0 Å². The number of rotatable bonds is 5. The molecule has 0 aromatic heterocycles. The maximum absolute atomic E-state index is 13.2. The Kier molecular flexibility index (Phi) is 6.86. The van der Waals surface area contributed by atoms with Crippen LogP contribution in [0.4, 0.5) is 0 Å². The first kappa shape index (κ1) is 19.5. The minimum absolute atomic E-state index is 0.169. The monoisotopic (exact) mass is 368 g/mol. The van der Waals surface area contributed by atoms with Crippen LogP contribution in [0.15, 0.2) is 0 Å². The molecule has 8 heteroatoms. The fourth-order valence-corrected chi connectivity index (χ4v) is 4.15. The van der Waals surface area contributed by atoms with Gasteiger partial charge in [0.15, 0.2) is 0 Å². The van der Waals surface area contributed by atoms with Crippen molar-refractivity contribution in [1.82, 2.24) is 20.0 Å². The number of methoxy groups -OCH3 is 1. The van der Waals surface area contributed by atoms with Crippen molar-refractivity contribution >= 4 is 11.8 Å². The normalized spacial score (nSPS) is 24.5. The van der Waals surface area contributed by atoms with Gasteiger partial charge in [-0.3, -0.25) is 14.5 Å². The van der Waals surface area contributed by atoms with Crippen LogP contribution in [0.3, 0.4) is 0 Å². The van der Waals surface area contributed by atoms with E-state index in [0.717, 1.165) is 39.0 Å². The van der Waals surface area contributed by atoms with Gasteiger partial charge in [0.05, 0.1) is 31.8 Å². The van der Waals surface area contributed by atoms with Crippen LogP contribution in [-0.2, 0) is 19.1 Å². The van der Waals surface area contributed by atoms with Gasteiger partial charge in [-0.05, 0) is 25.9 Å². The van der Waals surface area contributed by atoms with Crippen molar-refractivity contribution in [3.05, 3.63) is 0 Å². The molecule has 0 saturated carbocycles. The molecular weight excluding hydrogens is 336 g/mol. The summed E-state index contributed by atoms with van der Waals surface area (Å²) in [4.78, 5) is 31.6. The predicted octanol–water partition coefficient (Wildman–Crippen LogP) is -0.994. The maximum Gasteiger partial charge on any atom is 0.236 e. The van der Waals surface area contributed by atoms with E-state index in [1.165, 1.54) is 0 Å². The molecule has 0 atom stereocenters. The fourth-order valence-electron chi connectivity index (χ4n) is 4.15. The number of carbonyl (C=O) groups excluding carboxylic acids is 2. The van der Waals surface area contributed by atoms with Gasteiger partial charge in [-0.1, -0.05) is 0 Å². The van der Waals surface area contributed by atoms with Crippen LogP contribution in [0.5, 0.6) is 0 Å². The molecule has 0 aromatic rings. The van der Waals surface area contributed by atoms with E-state index in [1.807, 2.05) is 9.80 Å². The van der Waals surface area contributed by atoms with E-state index in [4.69, 9.17) is 9.47 Å². The first-order valence-corrected chi connectivity index (χ1v) is 9.71. The lowest BCUT2D eigenvalue weighted by atomic mass is 9.78. The number of hydrogen-bond acceptors (Lipinski definition) is 6. The quantitative estimate of drug-likeness (QED) is 0.671. The molecule has 0 radical (unpaired) electrons. The molecule has 3 rings (SSSR count). The number of amides is 2. The zero-order valence-corrected chi connectivity index (χ0v) is 15.9. The highest BCUT2D eigenvalue weighted by Crippen LogP contribution is 2.32. The van der Waals surface area contributed by atoms with Crippen LogP contribution in [-0.4, -0.2) is 112 Å². The van der Waals surface area contributed by atoms with Crippen LogP contribution < -0.4 is 5.32 Å². The Morgan fingerprint density at radius 3 is 2.27 bits per heavy atom. The van der Waals surface area contributed by atoms with Gasteiger partial charge in [-0.2, -0.15) is 0 Å². The average molecular weight is 368 g/mol. The predicted molar refractivity (Wildman–Crippen MR) is 96.8 cm³/mol. The zero-order chi connectivity index (χ0) is 18.4. The Morgan fingerprint density at radius 2 is 1.65 bits per heavy atom. The summed E-state index contributed by atoms with van der Waals surface area (Å²) in [6.45, 7) is 8.17. The van der Waals surface area contributed by atoms with Crippen molar-refractivity contribution < 1.29 is 19.1 Å². The Hall–Kier alpha value is -1.22. The average Bonchev–Trinajstić information content (AvgIpc) is 2.69. The number of hydrogen-bond donors (Lipinski definition) is 1. The molecule has 3 aliphatic rings. The second-order valence-corrected chi connectivity index (χ2v) is 7.52. The van der Waals surface area contributed by atoms with Crippen molar-refractivity contribution in [1.29, 1.82) is 0 Å². The second-order valence-electron chi connectivity index (χ2n) is 7.52. The van der Waals surface area contributed by atoms with Crippen LogP contribution in [0.2, 0.25) is 0 Å². The Balaban J connectivity index is 1.49. The maximum atomic E-state index is 13.2. The molecule has 1 N–H and O–H groups in total. The summed E-state index contributed by atoms with van der Waals surface area (Å²) < 4.78 is 10.7. The molecule has 0 aliphatic carbocycles. The third-order valence-corrected chi connectivity index (χ3v) is 5.82. The van der Waals surface area contributed by atoms with E-state index < -0.39 is 0 Å². The molecule has 0 unspecified atom stereocenters. The summed E-state index contributed by atoms with van der Waals surface area (Å²) >= 11 is 0. The lowest BCUT2D eigenvalue weighted by molar-refractivity contribution is -0.149. The zero-order valence-electron chi connectivity index (χ0n) is 15.9. The van der Waals surface area contributed by atoms with Crippen LogP contribution >= 0.6 is 0 Å². The molecule has 0 aromatic carbocycles. The van der Waals surface area contributed by atoms with Gasteiger partial charge < -0.3 is 24.6 Å². The standard InChI is InChI=1S/C18H32N4O4/c1-25-15-18(2-4-19-5-3-18)17(24)22-8-6-20(7-9-22)14-16(23)21-10-12-26-13-11-21/h19H,2-15H2,1H3. The Morgan fingerprint density at radius 1 is 1.00 bits per heavy atom. The lowest BCUT2D eigenvalue weighted by Gasteiger charge is -2.42. The largest absolute Gasteiger partial charge is 0.384 e. The van der Waals surface area contributed by atoms with Gasteiger partial charge in [0.1, 0.15) is 0 Å². The number of carbonyl (C=O) groups is 2. The SMILES string of the molecule is COCC1(C(=O)N2CCN(CC(=O)N3CCOCC3)CC2)CCNCC1. The number of nitrogens with one attached hydrogen (secondary N) is 1. The highest BCUT2D eigenvalue weighted by atomic mass is 16.5. The number of morpholine rings is 1. The highest BCUT2D eigenvalue weighted by molar-refractivity contribution is 5.83. The van der Waals surface area contributed by atoms with E-state index in [2.05, 4.69) is 10.2 Å². The van der Waals surface area contributed by atoms with E-state index in [1.54, 1.807) is 7.11 Å². The Bertz CT molecular complexity index is 476. The van der Waals surface area contributed by atoms with Gasteiger partial charge in [0.2, 0.25) is 11.8 Å². The smallest absolute Gasteiger partial charge is 0.236 e. The Labute approximate surface area is 155 Å². The summed E-state index contributed by atoms with van der Waals surface area (Å²) in [6, 6.07) is 0. The van der Waals surface area contributed by atoms with Crippen molar-refractivity contribution in [2.45, 2.75) is 12.8 Å². The summed E-state index contributed by atoms with van der Waals surface area (Å²) in [5, 5.41) is 3.33. The molecule has 26 heavy (non-hydrogen) atoms. The molecule has 3 aliphatic heterocycles. The summed E-state index contributed by atoms with van der Waals surface area (Å²) in [6.07, 6.45) is 1.66. The summed E-state index contributed by atoms with van der Waals surface area (Å²) in [5.41, 5.74) is -0.383. The minimum atomic E-state index is -0.383. The number of piperazine rings is 1. The van der Waals surface area contributed by atoms with E-state index in [0.29, 0.717) is 52.5 Å². The molecule has 8 nitrogen and oxygen atoms in total. The molecule has 3 saturated heterocycles. The van der Waals surface area contributed by atoms with Gasteiger partial charge in [0, 0.05) is 46.4 Å². The molecular formula is C18H32N4O4. The van der Waals surface area contributed by atoms with Gasteiger partial charge >= 0.3 is 0 Å². The third kappa shape index (κ3) is 4.54. The van der Waals surface area contributed by atoms with Crippen molar-refractivity contribution in [2.24, 2.45) is 5.41 Å². The molecule has 0 spiro atoms. The first-order chi connectivity index (χ1) is 12.6. The van der Waals surface area contributed by atoms with E-state index in [9.17, 15) is 9.59 Å².